The van der Waals surface area contributed by atoms with Crippen LogP contribution in [0, 0.1) is 0 Å². The first-order valence-electron chi connectivity index (χ1n) is 8.10. The molecule has 1 fully saturated rings. The van der Waals surface area contributed by atoms with Crippen LogP contribution in [0.5, 0.6) is 0 Å². The zero-order valence-electron chi connectivity index (χ0n) is 13.0. The number of halogens is 1. The van der Waals surface area contributed by atoms with E-state index in [-0.39, 0.29) is 12.4 Å². The third kappa shape index (κ3) is 4.12. The first kappa shape index (κ1) is 16.6. The summed E-state index contributed by atoms with van der Waals surface area (Å²) in [6, 6.07) is 7.50. The van der Waals surface area contributed by atoms with Crippen LogP contribution >= 0.6 is 12.4 Å². The molecule has 1 saturated carbocycles. The maximum absolute atomic E-state index is 3.60. The second kappa shape index (κ2) is 8.02. The molecule has 0 saturated heterocycles. The zero-order chi connectivity index (χ0) is 13.8. The van der Waals surface area contributed by atoms with E-state index in [9.17, 15) is 0 Å². The van der Waals surface area contributed by atoms with Gasteiger partial charge in [-0.15, -0.1) is 12.4 Å². The first-order valence-corrected chi connectivity index (χ1v) is 8.10. The summed E-state index contributed by atoms with van der Waals surface area (Å²) in [6.07, 6.45) is 6.81. The minimum absolute atomic E-state index is 0. The highest BCUT2D eigenvalue weighted by atomic mass is 35.5. The van der Waals surface area contributed by atoms with Crippen LogP contribution in [-0.4, -0.2) is 37.6 Å². The van der Waals surface area contributed by atoms with Crippen molar-refractivity contribution in [1.29, 1.82) is 0 Å². The predicted molar refractivity (Wildman–Crippen MR) is 92.5 cm³/mol. The molecule has 4 heteroatoms. The molecule has 21 heavy (non-hydrogen) atoms. The number of nitrogens with one attached hydrogen (secondary N) is 2. The zero-order valence-corrected chi connectivity index (χ0v) is 13.8. The molecule has 0 amide bonds. The average Bonchev–Trinajstić information content (AvgIpc) is 3.13. The van der Waals surface area contributed by atoms with E-state index in [0.717, 1.165) is 32.2 Å². The highest BCUT2D eigenvalue weighted by Gasteiger charge is 2.18. The number of hydrogen-bond donors (Lipinski definition) is 2. The Morgan fingerprint density at radius 3 is 2.90 bits per heavy atom. The van der Waals surface area contributed by atoms with Crippen LogP contribution in [0.25, 0.3) is 0 Å². The van der Waals surface area contributed by atoms with E-state index >= 15 is 0 Å². The van der Waals surface area contributed by atoms with Gasteiger partial charge in [-0.25, -0.2) is 0 Å². The number of nitrogens with zero attached hydrogens (tertiary/aromatic N) is 1. The van der Waals surface area contributed by atoms with Crippen LogP contribution in [0.15, 0.2) is 18.2 Å². The molecule has 0 unspecified atom stereocenters. The lowest BCUT2D eigenvalue weighted by Crippen LogP contribution is -2.35. The topological polar surface area (TPSA) is 27.3 Å². The molecule has 1 heterocycles. The van der Waals surface area contributed by atoms with Gasteiger partial charge in [0.15, 0.2) is 0 Å². The molecular formula is C17H28ClN3. The highest BCUT2D eigenvalue weighted by Crippen LogP contribution is 2.26. The van der Waals surface area contributed by atoms with Crippen molar-refractivity contribution in [2.75, 3.05) is 32.0 Å². The van der Waals surface area contributed by atoms with Crippen LogP contribution in [0.2, 0.25) is 0 Å². The Morgan fingerprint density at radius 2 is 2.10 bits per heavy atom. The van der Waals surface area contributed by atoms with E-state index in [1.54, 1.807) is 0 Å². The van der Waals surface area contributed by atoms with Crippen molar-refractivity contribution in [3.8, 4) is 0 Å². The Morgan fingerprint density at radius 1 is 1.29 bits per heavy atom. The molecule has 0 radical (unpaired) electrons. The maximum atomic E-state index is 3.60. The molecule has 1 aliphatic carbocycles. The van der Waals surface area contributed by atoms with Crippen molar-refractivity contribution in [3.05, 3.63) is 29.3 Å². The second-order valence-corrected chi connectivity index (χ2v) is 6.22. The van der Waals surface area contributed by atoms with Gasteiger partial charge >= 0.3 is 0 Å². The van der Waals surface area contributed by atoms with Gasteiger partial charge in [-0.3, -0.25) is 0 Å². The fourth-order valence-corrected chi connectivity index (χ4v) is 3.56. The Balaban J connectivity index is 0.00000161. The van der Waals surface area contributed by atoms with E-state index in [1.165, 1.54) is 48.9 Å². The van der Waals surface area contributed by atoms with Gasteiger partial charge in [-0.1, -0.05) is 31.0 Å². The lowest BCUT2D eigenvalue weighted by molar-refractivity contribution is 0.245. The van der Waals surface area contributed by atoms with Crippen molar-refractivity contribution in [2.45, 2.75) is 44.7 Å². The fraction of sp³-hybridized carbons (Fsp3) is 0.647. The minimum Gasteiger partial charge on any atom is -0.384 e. The van der Waals surface area contributed by atoms with Gasteiger partial charge in [0.2, 0.25) is 0 Å². The van der Waals surface area contributed by atoms with Crippen LogP contribution in [0.1, 0.15) is 36.8 Å². The summed E-state index contributed by atoms with van der Waals surface area (Å²) >= 11 is 0. The van der Waals surface area contributed by atoms with Crippen molar-refractivity contribution < 1.29 is 0 Å². The largest absolute Gasteiger partial charge is 0.384 e. The number of hydrogen-bond acceptors (Lipinski definition) is 3. The Labute approximate surface area is 134 Å². The summed E-state index contributed by atoms with van der Waals surface area (Å²) in [4.78, 5) is 2.54. The number of rotatable bonds is 6. The van der Waals surface area contributed by atoms with Gasteiger partial charge in [0, 0.05) is 37.9 Å². The molecule has 0 atom stereocenters. The molecule has 118 valence electrons. The first-order chi connectivity index (χ1) is 9.84. The van der Waals surface area contributed by atoms with E-state index in [2.05, 4.69) is 40.8 Å². The van der Waals surface area contributed by atoms with E-state index in [0.29, 0.717) is 0 Å². The minimum atomic E-state index is 0. The van der Waals surface area contributed by atoms with E-state index < -0.39 is 0 Å². The molecule has 2 aliphatic rings. The number of fused-ring (bicyclic) bond motifs is 1. The second-order valence-electron chi connectivity index (χ2n) is 6.22. The highest BCUT2D eigenvalue weighted by molar-refractivity contribution is 5.85. The van der Waals surface area contributed by atoms with E-state index in [4.69, 9.17) is 0 Å². The van der Waals surface area contributed by atoms with Gasteiger partial charge in [0.25, 0.3) is 0 Å². The van der Waals surface area contributed by atoms with Crippen molar-refractivity contribution in [1.82, 2.24) is 10.2 Å². The van der Waals surface area contributed by atoms with Crippen molar-refractivity contribution >= 4 is 18.1 Å². The van der Waals surface area contributed by atoms with Crippen LogP contribution < -0.4 is 10.6 Å². The Hall–Kier alpha value is -0.770. The molecule has 2 N–H and O–H groups in total. The normalized spacial score (nSPS) is 17.6. The maximum Gasteiger partial charge on any atom is 0.0419 e. The van der Waals surface area contributed by atoms with Crippen LogP contribution in [0.3, 0.4) is 0 Å². The Kier molecular flexibility index (Phi) is 6.34. The van der Waals surface area contributed by atoms with Crippen molar-refractivity contribution in [3.63, 3.8) is 0 Å². The van der Waals surface area contributed by atoms with E-state index in [1.807, 2.05) is 0 Å². The lowest BCUT2D eigenvalue weighted by Gasteiger charge is -2.24. The SMILES string of the molecule is CN(CCNCc1cccc2c1NCC2)C1CCCC1.Cl. The summed E-state index contributed by atoms with van der Waals surface area (Å²) < 4.78 is 0. The third-order valence-electron chi connectivity index (χ3n) is 4.84. The smallest absolute Gasteiger partial charge is 0.0419 e. The predicted octanol–water partition coefficient (Wildman–Crippen LogP) is 3.04. The molecule has 1 aromatic carbocycles. The van der Waals surface area contributed by atoms with Gasteiger partial charge in [-0.05, 0) is 37.4 Å². The van der Waals surface area contributed by atoms with Gasteiger partial charge in [-0.2, -0.15) is 0 Å². The van der Waals surface area contributed by atoms with Crippen LogP contribution in [0.4, 0.5) is 5.69 Å². The summed E-state index contributed by atoms with van der Waals surface area (Å²) in [5, 5.41) is 7.12. The average molecular weight is 310 g/mol. The molecule has 0 aromatic heterocycles. The summed E-state index contributed by atoms with van der Waals surface area (Å²) in [5.74, 6) is 0. The fourth-order valence-electron chi connectivity index (χ4n) is 3.56. The summed E-state index contributed by atoms with van der Waals surface area (Å²) in [6.45, 7) is 4.31. The summed E-state index contributed by atoms with van der Waals surface area (Å²) in [5.41, 5.74) is 4.28. The number of anilines is 1. The number of likely N-dealkylation sites (N-methyl/N-ethyl adjacent to an activating group) is 1. The molecular weight excluding hydrogens is 282 g/mol. The monoisotopic (exact) mass is 309 g/mol. The molecule has 0 bridgehead atoms. The lowest BCUT2D eigenvalue weighted by atomic mass is 10.1. The molecule has 1 aliphatic heterocycles. The summed E-state index contributed by atoms with van der Waals surface area (Å²) in [7, 11) is 2.28. The molecule has 0 spiro atoms. The molecule has 1 aromatic rings. The van der Waals surface area contributed by atoms with Crippen molar-refractivity contribution in [2.24, 2.45) is 0 Å². The number of benzene rings is 1. The standard InChI is InChI=1S/C17H27N3.ClH/c1-20(16-7-2-3-8-16)12-11-18-13-15-6-4-5-14-9-10-19-17(14)15;/h4-6,16,18-19H,2-3,7-13H2,1H3;1H. The molecule has 3 nitrogen and oxygen atoms in total. The number of para-hydroxylation sites is 1. The third-order valence-corrected chi connectivity index (χ3v) is 4.84. The van der Waals surface area contributed by atoms with Gasteiger partial charge < -0.3 is 15.5 Å². The van der Waals surface area contributed by atoms with Crippen LogP contribution in [-0.2, 0) is 13.0 Å². The van der Waals surface area contributed by atoms with Gasteiger partial charge in [0.1, 0.15) is 0 Å². The quantitative estimate of drug-likeness (QED) is 0.791. The van der Waals surface area contributed by atoms with Gasteiger partial charge in [0.05, 0.1) is 0 Å². The Bertz CT molecular complexity index is 444. The molecule has 3 rings (SSSR count).